The van der Waals surface area contributed by atoms with Crippen molar-refractivity contribution in [2.45, 2.75) is 25.8 Å². The van der Waals surface area contributed by atoms with E-state index in [4.69, 9.17) is 5.26 Å². The lowest BCUT2D eigenvalue weighted by atomic mass is 10.2. The number of nitrogens with one attached hydrogen (secondary N) is 2. The van der Waals surface area contributed by atoms with E-state index >= 15 is 0 Å². The summed E-state index contributed by atoms with van der Waals surface area (Å²) in [7, 11) is 1.59. The van der Waals surface area contributed by atoms with Crippen LogP contribution in [-0.2, 0) is 4.79 Å². The lowest BCUT2D eigenvalue weighted by Gasteiger charge is -2.11. The summed E-state index contributed by atoms with van der Waals surface area (Å²) in [6, 6.07) is 2.20. The van der Waals surface area contributed by atoms with Crippen LogP contribution < -0.4 is 10.6 Å². The van der Waals surface area contributed by atoms with Gasteiger partial charge in [-0.2, -0.15) is 5.26 Å². The van der Waals surface area contributed by atoms with Crippen molar-refractivity contribution in [2.24, 2.45) is 0 Å². The Bertz CT molecular complexity index is 174. The van der Waals surface area contributed by atoms with Gasteiger partial charge in [-0.3, -0.25) is 4.79 Å². The summed E-state index contributed by atoms with van der Waals surface area (Å²) in [4.78, 5) is 10.8. The Morgan fingerprint density at radius 2 is 2.33 bits per heavy atom. The molecule has 0 fully saturated rings. The average Bonchev–Trinajstić information content (AvgIpc) is 2.11. The Morgan fingerprint density at radius 1 is 1.67 bits per heavy atom. The molecule has 2 N–H and O–H groups in total. The number of likely N-dealkylation sites (N-methyl/N-ethyl adjacent to an activating group) is 1. The van der Waals surface area contributed by atoms with E-state index in [1.807, 2.05) is 6.92 Å². The highest BCUT2D eigenvalue weighted by molar-refractivity contribution is 5.77. The molecule has 4 nitrogen and oxygen atoms in total. The lowest BCUT2D eigenvalue weighted by molar-refractivity contribution is -0.119. The van der Waals surface area contributed by atoms with Crippen LogP contribution in [0.3, 0.4) is 0 Å². The van der Waals surface area contributed by atoms with Gasteiger partial charge in [-0.15, -0.1) is 0 Å². The van der Waals surface area contributed by atoms with Crippen molar-refractivity contribution in [3.05, 3.63) is 0 Å². The summed E-state index contributed by atoms with van der Waals surface area (Å²) in [5, 5.41) is 13.9. The van der Waals surface area contributed by atoms with Crippen LogP contribution in [0.4, 0.5) is 0 Å². The second-order valence-electron chi connectivity index (χ2n) is 2.52. The molecule has 0 heterocycles. The van der Waals surface area contributed by atoms with Gasteiger partial charge in [-0.1, -0.05) is 6.92 Å². The normalized spacial score (nSPS) is 11.8. The van der Waals surface area contributed by atoms with Crippen molar-refractivity contribution in [3.8, 4) is 6.07 Å². The summed E-state index contributed by atoms with van der Waals surface area (Å²) in [5.74, 6) is -0.0496. The van der Waals surface area contributed by atoms with Gasteiger partial charge in [0.05, 0.1) is 19.0 Å². The van der Waals surface area contributed by atoms with Crippen LogP contribution >= 0.6 is 0 Å². The highest BCUT2D eigenvalue weighted by Gasteiger charge is 2.05. The molecule has 0 rings (SSSR count). The maximum absolute atomic E-state index is 10.8. The van der Waals surface area contributed by atoms with Crippen molar-refractivity contribution >= 4 is 5.91 Å². The fraction of sp³-hybridized carbons (Fsp3) is 0.750. The molecule has 0 spiro atoms. The van der Waals surface area contributed by atoms with Gasteiger partial charge in [-0.25, -0.2) is 0 Å². The largest absolute Gasteiger partial charge is 0.358 e. The molecule has 0 aromatic heterocycles. The van der Waals surface area contributed by atoms with Gasteiger partial charge >= 0.3 is 0 Å². The molecule has 1 unspecified atom stereocenters. The Balaban J connectivity index is 3.59. The molecule has 4 heteroatoms. The van der Waals surface area contributed by atoms with E-state index in [-0.39, 0.29) is 18.5 Å². The number of nitrogens with zero attached hydrogens (tertiary/aromatic N) is 1. The summed E-state index contributed by atoms with van der Waals surface area (Å²) in [6.07, 6.45) is 1.32. The van der Waals surface area contributed by atoms with Gasteiger partial charge in [-0.05, 0) is 6.42 Å². The minimum Gasteiger partial charge on any atom is -0.358 e. The number of rotatable bonds is 5. The number of carbonyl (C=O) groups is 1. The maximum Gasteiger partial charge on any atom is 0.233 e. The van der Waals surface area contributed by atoms with Crippen molar-refractivity contribution in [3.63, 3.8) is 0 Å². The molecule has 0 saturated carbocycles. The number of amides is 1. The summed E-state index contributed by atoms with van der Waals surface area (Å²) in [6.45, 7) is 2.27. The SMILES string of the molecule is CCC(CC#N)NCC(=O)NC. The monoisotopic (exact) mass is 169 g/mol. The number of hydrogen-bond acceptors (Lipinski definition) is 3. The van der Waals surface area contributed by atoms with Gasteiger partial charge in [0.25, 0.3) is 0 Å². The third-order valence-electron chi connectivity index (χ3n) is 1.66. The number of hydrogen-bond donors (Lipinski definition) is 2. The molecule has 0 aromatic carbocycles. The van der Waals surface area contributed by atoms with E-state index in [0.717, 1.165) is 6.42 Å². The first-order valence-corrected chi connectivity index (χ1v) is 4.05. The maximum atomic E-state index is 10.8. The second-order valence-corrected chi connectivity index (χ2v) is 2.52. The highest BCUT2D eigenvalue weighted by atomic mass is 16.1. The van der Waals surface area contributed by atoms with Crippen molar-refractivity contribution in [2.75, 3.05) is 13.6 Å². The third-order valence-corrected chi connectivity index (χ3v) is 1.66. The number of nitriles is 1. The molecular weight excluding hydrogens is 154 g/mol. The fourth-order valence-corrected chi connectivity index (χ4v) is 0.796. The second kappa shape index (κ2) is 6.62. The molecule has 0 bridgehead atoms. The average molecular weight is 169 g/mol. The van der Waals surface area contributed by atoms with Gasteiger partial charge in [0.1, 0.15) is 0 Å². The van der Waals surface area contributed by atoms with Gasteiger partial charge in [0.2, 0.25) is 5.91 Å². The minimum absolute atomic E-state index is 0.0496. The van der Waals surface area contributed by atoms with Crippen molar-refractivity contribution in [1.82, 2.24) is 10.6 Å². The molecule has 0 saturated heterocycles. The fourth-order valence-electron chi connectivity index (χ4n) is 0.796. The zero-order valence-corrected chi connectivity index (χ0v) is 7.55. The Morgan fingerprint density at radius 3 is 2.75 bits per heavy atom. The molecule has 0 aliphatic rings. The first-order chi connectivity index (χ1) is 5.74. The zero-order chi connectivity index (χ0) is 9.40. The minimum atomic E-state index is -0.0496. The van der Waals surface area contributed by atoms with Crippen LogP contribution in [0.2, 0.25) is 0 Å². The Hall–Kier alpha value is -1.08. The van der Waals surface area contributed by atoms with Crippen LogP contribution in [0, 0.1) is 11.3 Å². The van der Waals surface area contributed by atoms with E-state index in [0.29, 0.717) is 6.42 Å². The predicted molar refractivity (Wildman–Crippen MR) is 46.4 cm³/mol. The first-order valence-electron chi connectivity index (χ1n) is 4.05. The molecule has 1 atom stereocenters. The number of carbonyl (C=O) groups excluding carboxylic acids is 1. The Kier molecular flexibility index (Phi) is 6.02. The summed E-state index contributed by atoms with van der Waals surface area (Å²) < 4.78 is 0. The lowest BCUT2D eigenvalue weighted by Crippen LogP contribution is -2.37. The standard InChI is InChI=1S/C8H15N3O/c1-3-7(4-5-9)11-6-8(12)10-2/h7,11H,3-4,6H2,1-2H3,(H,10,12). The molecule has 0 radical (unpaired) electrons. The van der Waals surface area contributed by atoms with E-state index in [1.165, 1.54) is 0 Å². The van der Waals surface area contributed by atoms with Crippen molar-refractivity contribution < 1.29 is 4.79 Å². The summed E-state index contributed by atoms with van der Waals surface area (Å²) >= 11 is 0. The van der Waals surface area contributed by atoms with Crippen LogP contribution in [0.1, 0.15) is 19.8 Å². The van der Waals surface area contributed by atoms with Gasteiger partial charge in [0, 0.05) is 13.1 Å². The van der Waals surface area contributed by atoms with E-state index < -0.39 is 0 Å². The quantitative estimate of drug-likeness (QED) is 0.609. The van der Waals surface area contributed by atoms with E-state index in [1.54, 1.807) is 7.05 Å². The molecule has 12 heavy (non-hydrogen) atoms. The van der Waals surface area contributed by atoms with Crippen molar-refractivity contribution in [1.29, 1.82) is 5.26 Å². The molecule has 68 valence electrons. The molecule has 0 aliphatic carbocycles. The summed E-state index contributed by atoms with van der Waals surface area (Å²) in [5.41, 5.74) is 0. The van der Waals surface area contributed by atoms with Gasteiger partial charge in [0.15, 0.2) is 0 Å². The van der Waals surface area contributed by atoms with Crippen LogP contribution in [0.15, 0.2) is 0 Å². The predicted octanol–water partition coefficient (Wildman–Crippen LogP) is 0.0143. The van der Waals surface area contributed by atoms with E-state index in [9.17, 15) is 4.79 Å². The molecular formula is C8H15N3O. The van der Waals surface area contributed by atoms with Crippen LogP contribution in [-0.4, -0.2) is 25.5 Å². The van der Waals surface area contributed by atoms with Gasteiger partial charge < -0.3 is 10.6 Å². The zero-order valence-electron chi connectivity index (χ0n) is 7.55. The van der Waals surface area contributed by atoms with Crippen LogP contribution in [0.5, 0.6) is 0 Å². The van der Waals surface area contributed by atoms with E-state index in [2.05, 4.69) is 16.7 Å². The first kappa shape index (κ1) is 10.9. The molecule has 0 aromatic rings. The highest BCUT2D eigenvalue weighted by Crippen LogP contribution is 1.94. The Labute approximate surface area is 72.9 Å². The smallest absolute Gasteiger partial charge is 0.233 e. The third kappa shape index (κ3) is 4.69. The molecule has 0 aliphatic heterocycles. The van der Waals surface area contributed by atoms with Crippen LogP contribution in [0.25, 0.3) is 0 Å². The molecule has 1 amide bonds. The topological polar surface area (TPSA) is 64.9 Å².